The molecule has 2 nitrogen and oxygen atoms in total. The lowest BCUT2D eigenvalue weighted by molar-refractivity contribution is 0.156. The molecule has 1 heterocycles. The van der Waals surface area contributed by atoms with E-state index in [0.717, 1.165) is 22.6 Å². The molecule has 1 N–H and O–H groups in total. The van der Waals surface area contributed by atoms with Gasteiger partial charge in [0.05, 0.1) is 0 Å². The Morgan fingerprint density at radius 2 is 2.28 bits per heavy atom. The van der Waals surface area contributed by atoms with E-state index in [-0.39, 0.29) is 0 Å². The molecule has 1 aromatic rings. The zero-order chi connectivity index (χ0) is 13.1. The second-order valence-electron chi connectivity index (χ2n) is 5.01. The highest BCUT2D eigenvalue weighted by Crippen LogP contribution is 2.30. The van der Waals surface area contributed by atoms with E-state index in [0.29, 0.717) is 12.1 Å². The maximum absolute atomic E-state index is 6.34. The molecule has 100 valence electrons. The summed E-state index contributed by atoms with van der Waals surface area (Å²) < 4.78 is 1.03. The molecule has 1 aliphatic rings. The van der Waals surface area contributed by atoms with Crippen molar-refractivity contribution in [3.05, 3.63) is 33.3 Å². The molecule has 0 aromatic heterocycles. The van der Waals surface area contributed by atoms with Crippen LogP contribution >= 0.6 is 27.5 Å². The van der Waals surface area contributed by atoms with E-state index < -0.39 is 0 Å². The Morgan fingerprint density at radius 1 is 1.50 bits per heavy atom. The Kier molecular flexibility index (Phi) is 5.07. The number of rotatable bonds is 3. The van der Waals surface area contributed by atoms with Crippen molar-refractivity contribution in [2.45, 2.75) is 31.8 Å². The summed E-state index contributed by atoms with van der Waals surface area (Å²) in [7, 11) is 2.20. The average molecular weight is 332 g/mol. The summed E-state index contributed by atoms with van der Waals surface area (Å²) in [5.74, 6) is 0. The van der Waals surface area contributed by atoms with E-state index in [2.05, 4.69) is 52.3 Å². The summed E-state index contributed by atoms with van der Waals surface area (Å²) in [6.45, 7) is 4.45. The fourth-order valence-electron chi connectivity index (χ4n) is 2.56. The van der Waals surface area contributed by atoms with Gasteiger partial charge in [-0.2, -0.15) is 0 Å². The van der Waals surface area contributed by atoms with Gasteiger partial charge in [-0.15, -0.1) is 0 Å². The minimum Gasteiger partial charge on any atom is -0.315 e. The summed E-state index contributed by atoms with van der Waals surface area (Å²) in [5, 5.41) is 4.30. The van der Waals surface area contributed by atoms with Gasteiger partial charge in [0.2, 0.25) is 0 Å². The highest BCUT2D eigenvalue weighted by Gasteiger charge is 2.23. The van der Waals surface area contributed by atoms with Crippen molar-refractivity contribution in [2.24, 2.45) is 0 Å². The van der Waals surface area contributed by atoms with E-state index in [9.17, 15) is 0 Å². The van der Waals surface area contributed by atoms with Crippen LogP contribution in [-0.4, -0.2) is 31.1 Å². The fraction of sp³-hybridized carbons (Fsp3) is 0.571. The van der Waals surface area contributed by atoms with Gasteiger partial charge in [0.1, 0.15) is 0 Å². The number of halogens is 2. The molecule has 0 amide bonds. The van der Waals surface area contributed by atoms with Crippen LogP contribution in [0.4, 0.5) is 0 Å². The summed E-state index contributed by atoms with van der Waals surface area (Å²) in [6.07, 6.45) is 2.53. The van der Waals surface area contributed by atoms with Gasteiger partial charge in [-0.1, -0.05) is 33.6 Å². The summed E-state index contributed by atoms with van der Waals surface area (Å²) in [5.41, 5.74) is 1.20. The molecule has 0 bridgehead atoms. The smallest absolute Gasteiger partial charge is 0.0464 e. The monoisotopic (exact) mass is 330 g/mol. The Labute approximate surface area is 123 Å². The van der Waals surface area contributed by atoms with Crippen molar-refractivity contribution < 1.29 is 0 Å². The van der Waals surface area contributed by atoms with Crippen LogP contribution in [0.25, 0.3) is 0 Å². The van der Waals surface area contributed by atoms with Gasteiger partial charge in [-0.25, -0.2) is 0 Å². The third-order valence-electron chi connectivity index (χ3n) is 3.87. The number of piperidine rings is 1. The van der Waals surface area contributed by atoms with Crippen LogP contribution < -0.4 is 5.32 Å². The number of nitrogens with one attached hydrogen (secondary N) is 1. The molecule has 1 aliphatic heterocycles. The van der Waals surface area contributed by atoms with Crippen molar-refractivity contribution >= 4 is 27.5 Å². The minimum atomic E-state index is 0.343. The molecule has 2 rings (SSSR count). The first-order valence-electron chi connectivity index (χ1n) is 6.47. The molecule has 2 unspecified atom stereocenters. The van der Waals surface area contributed by atoms with Crippen LogP contribution in [0.15, 0.2) is 22.7 Å². The van der Waals surface area contributed by atoms with Gasteiger partial charge in [0.15, 0.2) is 0 Å². The Hall–Kier alpha value is -0.0900. The zero-order valence-electron chi connectivity index (χ0n) is 10.9. The molecule has 1 aromatic carbocycles. The molecule has 1 saturated heterocycles. The van der Waals surface area contributed by atoms with Crippen LogP contribution in [0, 0.1) is 0 Å². The molecule has 0 spiro atoms. The van der Waals surface area contributed by atoms with Crippen LogP contribution in [0.2, 0.25) is 5.02 Å². The molecule has 0 radical (unpaired) electrons. The third kappa shape index (κ3) is 3.27. The number of likely N-dealkylation sites (N-methyl/N-ethyl adjacent to an activating group) is 1. The van der Waals surface area contributed by atoms with Gasteiger partial charge in [0, 0.05) is 28.1 Å². The average Bonchev–Trinajstić information content (AvgIpc) is 2.38. The SMILES string of the molecule is CC(c1ccc(Br)cc1Cl)N(C)C1CCCNC1. The highest BCUT2D eigenvalue weighted by molar-refractivity contribution is 9.10. The van der Waals surface area contributed by atoms with E-state index in [1.807, 2.05) is 6.07 Å². The van der Waals surface area contributed by atoms with Gasteiger partial charge in [-0.05, 0) is 51.1 Å². The van der Waals surface area contributed by atoms with Crippen LogP contribution in [0.5, 0.6) is 0 Å². The second kappa shape index (κ2) is 6.38. The predicted octanol–water partition coefficient (Wildman–Crippen LogP) is 3.85. The molecular formula is C14H20BrClN2. The van der Waals surface area contributed by atoms with Gasteiger partial charge >= 0.3 is 0 Å². The first kappa shape index (κ1) is 14.3. The third-order valence-corrected chi connectivity index (χ3v) is 4.69. The largest absolute Gasteiger partial charge is 0.315 e. The lowest BCUT2D eigenvalue weighted by Crippen LogP contribution is -2.45. The Morgan fingerprint density at radius 3 is 2.89 bits per heavy atom. The normalized spacial score (nSPS) is 22.2. The number of hydrogen-bond donors (Lipinski definition) is 1. The molecular weight excluding hydrogens is 312 g/mol. The van der Waals surface area contributed by atoms with E-state index in [1.54, 1.807) is 0 Å². The van der Waals surface area contributed by atoms with Crippen LogP contribution in [-0.2, 0) is 0 Å². The number of nitrogens with zero attached hydrogens (tertiary/aromatic N) is 1. The summed E-state index contributed by atoms with van der Waals surface area (Å²) in [4.78, 5) is 2.43. The van der Waals surface area contributed by atoms with Crippen LogP contribution in [0.3, 0.4) is 0 Å². The maximum Gasteiger partial charge on any atom is 0.0464 e. The standard InChI is InChI=1S/C14H20BrClN2/c1-10(13-6-5-11(15)8-14(13)16)18(2)12-4-3-7-17-9-12/h5-6,8,10,12,17H,3-4,7,9H2,1-2H3. The lowest BCUT2D eigenvalue weighted by atomic mass is 10.0. The topological polar surface area (TPSA) is 15.3 Å². The van der Waals surface area contributed by atoms with Crippen molar-refractivity contribution in [3.63, 3.8) is 0 Å². The number of benzene rings is 1. The number of hydrogen-bond acceptors (Lipinski definition) is 2. The molecule has 18 heavy (non-hydrogen) atoms. The summed E-state index contributed by atoms with van der Waals surface area (Å²) in [6, 6.07) is 7.10. The first-order valence-corrected chi connectivity index (χ1v) is 7.64. The molecule has 0 aliphatic carbocycles. The zero-order valence-corrected chi connectivity index (χ0v) is 13.3. The predicted molar refractivity (Wildman–Crippen MR) is 81.2 cm³/mol. The van der Waals surface area contributed by atoms with Crippen molar-refractivity contribution in [3.8, 4) is 0 Å². The highest BCUT2D eigenvalue weighted by atomic mass is 79.9. The van der Waals surface area contributed by atoms with E-state index >= 15 is 0 Å². The van der Waals surface area contributed by atoms with Gasteiger partial charge in [-0.3, -0.25) is 4.90 Å². The van der Waals surface area contributed by atoms with Crippen molar-refractivity contribution in [1.29, 1.82) is 0 Å². The van der Waals surface area contributed by atoms with Crippen molar-refractivity contribution in [2.75, 3.05) is 20.1 Å². The van der Waals surface area contributed by atoms with Crippen molar-refractivity contribution in [1.82, 2.24) is 10.2 Å². The maximum atomic E-state index is 6.34. The summed E-state index contributed by atoms with van der Waals surface area (Å²) >= 11 is 9.79. The molecule has 2 atom stereocenters. The van der Waals surface area contributed by atoms with Gasteiger partial charge in [0.25, 0.3) is 0 Å². The van der Waals surface area contributed by atoms with Crippen LogP contribution in [0.1, 0.15) is 31.4 Å². The molecule has 1 fully saturated rings. The van der Waals surface area contributed by atoms with E-state index in [1.165, 1.54) is 18.4 Å². The molecule has 4 heteroatoms. The van der Waals surface area contributed by atoms with E-state index in [4.69, 9.17) is 11.6 Å². The minimum absolute atomic E-state index is 0.343. The quantitative estimate of drug-likeness (QED) is 0.905. The Bertz CT molecular complexity index is 405. The first-order chi connectivity index (χ1) is 8.59. The van der Waals surface area contributed by atoms with Gasteiger partial charge < -0.3 is 5.32 Å². The second-order valence-corrected chi connectivity index (χ2v) is 6.33. The Balaban J connectivity index is 2.11. The molecule has 0 saturated carbocycles. The lowest BCUT2D eigenvalue weighted by Gasteiger charge is -2.36. The fourth-order valence-corrected chi connectivity index (χ4v) is 3.39.